The van der Waals surface area contributed by atoms with Crippen LogP contribution >= 0.6 is 0 Å². The van der Waals surface area contributed by atoms with Gasteiger partial charge in [0.25, 0.3) is 10.0 Å². The fourth-order valence-corrected chi connectivity index (χ4v) is 3.80. The minimum absolute atomic E-state index is 0.0246. The quantitative estimate of drug-likeness (QED) is 0.852. The second kappa shape index (κ2) is 7.28. The Morgan fingerprint density at radius 3 is 2.81 bits per heavy atom. The van der Waals surface area contributed by atoms with E-state index >= 15 is 0 Å². The first-order chi connectivity index (χ1) is 12.2. The van der Waals surface area contributed by atoms with E-state index in [0.29, 0.717) is 19.2 Å². The molecule has 0 bridgehead atoms. The van der Waals surface area contributed by atoms with Crippen LogP contribution in [0, 0.1) is 0 Å². The molecule has 0 aliphatic carbocycles. The Hall–Kier alpha value is -2.07. The number of alkyl halides is 3. The fourth-order valence-electron chi connectivity index (χ4n) is 2.73. The lowest BCUT2D eigenvalue weighted by Crippen LogP contribution is -2.24. The van der Waals surface area contributed by atoms with Crippen molar-refractivity contribution in [1.82, 2.24) is 9.78 Å². The van der Waals surface area contributed by atoms with Gasteiger partial charge >= 0.3 is 6.18 Å². The molecule has 1 N–H and O–H groups in total. The molecule has 3 rings (SSSR count). The largest absolute Gasteiger partial charge is 0.416 e. The fraction of sp³-hybridized carbons (Fsp3) is 0.438. The SMILES string of the molecule is O=S(=O)(Nc1cnn(C[C@@H]2CCCCO2)c1)c1cccc(C(F)(F)F)c1. The van der Waals surface area contributed by atoms with E-state index in [1.807, 2.05) is 0 Å². The number of sulfonamides is 1. The first-order valence-corrected chi connectivity index (χ1v) is 9.56. The molecule has 1 aliphatic heterocycles. The maximum atomic E-state index is 12.8. The Labute approximate surface area is 149 Å². The number of halogens is 3. The second-order valence-corrected chi connectivity index (χ2v) is 7.75. The first-order valence-electron chi connectivity index (χ1n) is 8.08. The highest BCUT2D eigenvalue weighted by atomic mass is 32.2. The normalized spacial score (nSPS) is 18.7. The third-order valence-corrected chi connectivity index (χ3v) is 5.40. The highest BCUT2D eigenvalue weighted by molar-refractivity contribution is 7.92. The summed E-state index contributed by atoms with van der Waals surface area (Å²) >= 11 is 0. The number of hydrogen-bond acceptors (Lipinski definition) is 4. The molecule has 2 heterocycles. The van der Waals surface area contributed by atoms with Gasteiger partial charge in [0.2, 0.25) is 0 Å². The molecule has 0 amide bonds. The van der Waals surface area contributed by atoms with E-state index in [4.69, 9.17) is 4.74 Å². The monoisotopic (exact) mass is 389 g/mol. The summed E-state index contributed by atoms with van der Waals surface area (Å²) in [7, 11) is -4.15. The highest BCUT2D eigenvalue weighted by Gasteiger charge is 2.31. The van der Waals surface area contributed by atoms with Gasteiger partial charge in [-0.25, -0.2) is 8.42 Å². The molecule has 1 aromatic heterocycles. The average Bonchev–Trinajstić information content (AvgIpc) is 3.01. The second-order valence-electron chi connectivity index (χ2n) is 6.07. The molecule has 0 unspecified atom stereocenters. The van der Waals surface area contributed by atoms with Crippen molar-refractivity contribution in [2.45, 2.75) is 43.0 Å². The van der Waals surface area contributed by atoms with Crippen molar-refractivity contribution in [1.29, 1.82) is 0 Å². The summed E-state index contributed by atoms with van der Waals surface area (Å²) in [6.45, 7) is 1.19. The number of aromatic nitrogens is 2. The highest BCUT2D eigenvalue weighted by Crippen LogP contribution is 2.30. The number of ether oxygens (including phenoxy) is 1. The van der Waals surface area contributed by atoms with Gasteiger partial charge in [0, 0.05) is 12.8 Å². The molecule has 1 aromatic carbocycles. The summed E-state index contributed by atoms with van der Waals surface area (Å²) in [5.41, 5.74) is -0.844. The van der Waals surface area contributed by atoms with Crippen molar-refractivity contribution in [2.24, 2.45) is 0 Å². The molecule has 1 atom stereocenters. The molecule has 1 aliphatic rings. The summed E-state index contributed by atoms with van der Waals surface area (Å²) in [5.74, 6) is 0. The van der Waals surface area contributed by atoms with Crippen molar-refractivity contribution in [3.05, 3.63) is 42.2 Å². The van der Waals surface area contributed by atoms with Crippen LogP contribution in [0.15, 0.2) is 41.6 Å². The predicted molar refractivity (Wildman–Crippen MR) is 88.1 cm³/mol. The van der Waals surface area contributed by atoms with Gasteiger partial charge in [0.15, 0.2) is 0 Å². The molecular formula is C16H18F3N3O3S. The van der Waals surface area contributed by atoms with E-state index in [9.17, 15) is 21.6 Å². The van der Waals surface area contributed by atoms with Crippen LogP contribution in [0.25, 0.3) is 0 Å². The van der Waals surface area contributed by atoms with Gasteiger partial charge in [-0.05, 0) is 37.5 Å². The van der Waals surface area contributed by atoms with Crippen LogP contribution in [0.3, 0.4) is 0 Å². The van der Waals surface area contributed by atoms with Crippen LogP contribution in [-0.2, 0) is 27.5 Å². The molecule has 26 heavy (non-hydrogen) atoms. The molecular weight excluding hydrogens is 371 g/mol. The maximum Gasteiger partial charge on any atom is 0.416 e. The van der Waals surface area contributed by atoms with Gasteiger partial charge in [-0.15, -0.1) is 0 Å². The summed E-state index contributed by atoms with van der Waals surface area (Å²) in [4.78, 5) is -0.462. The summed E-state index contributed by atoms with van der Waals surface area (Å²) in [6, 6.07) is 3.59. The summed E-state index contributed by atoms with van der Waals surface area (Å²) < 4.78 is 72.4. The number of nitrogens with zero attached hydrogens (tertiary/aromatic N) is 2. The van der Waals surface area contributed by atoms with Crippen molar-refractivity contribution in [3.63, 3.8) is 0 Å². The summed E-state index contributed by atoms with van der Waals surface area (Å²) in [6.07, 6.45) is 1.22. The van der Waals surface area contributed by atoms with E-state index in [-0.39, 0.29) is 11.8 Å². The van der Waals surface area contributed by atoms with E-state index in [2.05, 4.69) is 9.82 Å². The Kier molecular flexibility index (Phi) is 5.24. The zero-order valence-corrected chi connectivity index (χ0v) is 14.6. The van der Waals surface area contributed by atoms with Crippen LogP contribution in [0.1, 0.15) is 24.8 Å². The lowest BCUT2D eigenvalue weighted by Gasteiger charge is -2.22. The van der Waals surface area contributed by atoms with Gasteiger partial charge < -0.3 is 4.74 Å². The Morgan fingerprint density at radius 2 is 2.12 bits per heavy atom. The number of benzene rings is 1. The summed E-state index contributed by atoms with van der Waals surface area (Å²) in [5, 5.41) is 4.07. The van der Waals surface area contributed by atoms with Crippen molar-refractivity contribution < 1.29 is 26.3 Å². The van der Waals surface area contributed by atoms with Gasteiger partial charge in [-0.1, -0.05) is 6.07 Å². The van der Waals surface area contributed by atoms with Gasteiger partial charge in [-0.2, -0.15) is 18.3 Å². The maximum absolute atomic E-state index is 12.8. The van der Waals surface area contributed by atoms with Crippen LogP contribution in [0.5, 0.6) is 0 Å². The smallest absolute Gasteiger partial charge is 0.376 e. The molecule has 10 heteroatoms. The van der Waals surface area contributed by atoms with Crippen LogP contribution in [-0.4, -0.2) is 30.9 Å². The van der Waals surface area contributed by atoms with Crippen molar-refractivity contribution >= 4 is 15.7 Å². The molecule has 1 fully saturated rings. The minimum atomic E-state index is -4.61. The lowest BCUT2D eigenvalue weighted by atomic mass is 10.1. The molecule has 0 radical (unpaired) electrons. The Bertz CT molecular complexity index is 859. The number of hydrogen-bond donors (Lipinski definition) is 1. The minimum Gasteiger partial charge on any atom is -0.376 e. The molecule has 1 saturated heterocycles. The zero-order valence-electron chi connectivity index (χ0n) is 13.7. The third-order valence-electron chi connectivity index (χ3n) is 4.02. The van der Waals surface area contributed by atoms with Crippen LogP contribution in [0.4, 0.5) is 18.9 Å². The van der Waals surface area contributed by atoms with E-state index < -0.39 is 26.7 Å². The van der Waals surface area contributed by atoms with Gasteiger partial charge in [0.05, 0.1) is 35.0 Å². The first kappa shape index (κ1) is 18.7. The van der Waals surface area contributed by atoms with Gasteiger partial charge in [-0.3, -0.25) is 9.40 Å². The van der Waals surface area contributed by atoms with Crippen LogP contribution in [0.2, 0.25) is 0 Å². The molecule has 2 aromatic rings. The lowest BCUT2D eigenvalue weighted by molar-refractivity contribution is -0.137. The predicted octanol–water partition coefficient (Wildman–Crippen LogP) is 3.27. The molecule has 0 saturated carbocycles. The van der Waals surface area contributed by atoms with Crippen LogP contribution < -0.4 is 4.72 Å². The number of nitrogens with one attached hydrogen (secondary N) is 1. The topological polar surface area (TPSA) is 73.2 Å². The molecule has 0 spiro atoms. The van der Waals surface area contributed by atoms with Gasteiger partial charge in [0.1, 0.15) is 0 Å². The van der Waals surface area contributed by atoms with E-state index in [1.54, 1.807) is 4.68 Å². The molecule has 6 nitrogen and oxygen atoms in total. The average molecular weight is 389 g/mol. The third kappa shape index (κ3) is 4.55. The number of anilines is 1. The standard InChI is InChI=1S/C16H18F3N3O3S/c17-16(18,19)12-4-3-6-15(8-12)26(23,24)21-13-9-20-22(10-13)11-14-5-1-2-7-25-14/h3-4,6,8-10,14,21H,1-2,5,7,11H2/t14-/m0/s1. The zero-order chi connectivity index (χ0) is 18.8. The van der Waals surface area contributed by atoms with Crippen molar-refractivity contribution in [3.8, 4) is 0 Å². The van der Waals surface area contributed by atoms with Crippen molar-refractivity contribution in [2.75, 3.05) is 11.3 Å². The van der Waals surface area contributed by atoms with E-state index in [0.717, 1.165) is 37.5 Å². The Balaban J connectivity index is 1.72. The Morgan fingerprint density at radius 1 is 1.31 bits per heavy atom. The van der Waals surface area contributed by atoms with E-state index in [1.165, 1.54) is 12.4 Å². The molecule has 142 valence electrons. The number of rotatable bonds is 5.